The van der Waals surface area contributed by atoms with Crippen molar-refractivity contribution >= 4 is 34.9 Å². The molecule has 0 radical (unpaired) electrons. The van der Waals surface area contributed by atoms with Crippen molar-refractivity contribution in [2.24, 2.45) is 0 Å². The maximum Gasteiger partial charge on any atom is 0.0998 e. The predicted molar refractivity (Wildman–Crippen MR) is 81.1 cm³/mol. The summed E-state index contributed by atoms with van der Waals surface area (Å²) in [5.41, 5.74) is 3.48. The van der Waals surface area contributed by atoms with Gasteiger partial charge in [-0.15, -0.1) is 0 Å². The summed E-state index contributed by atoms with van der Waals surface area (Å²) >= 11 is 11.8. The highest BCUT2D eigenvalue weighted by Gasteiger charge is 2.04. The highest BCUT2D eigenvalue weighted by molar-refractivity contribution is 6.42. The van der Waals surface area contributed by atoms with E-state index in [1.807, 2.05) is 37.3 Å². The highest BCUT2D eigenvalue weighted by atomic mass is 35.5. The van der Waals surface area contributed by atoms with E-state index >= 15 is 0 Å². The molecule has 2 aromatic carbocycles. The number of hydrogen-bond acceptors (Lipinski definition) is 1. The molecule has 0 saturated heterocycles. The summed E-state index contributed by atoms with van der Waals surface area (Å²) in [5, 5.41) is 10.2. The maximum atomic E-state index is 9.26. The van der Waals surface area contributed by atoms with Crippen molar-refractivity contribution in [1.29, 1.82) is 5.26 Å². The lowest BCUT2D eigenvalue weighted by Gasteiger charge is -2.02. The third-order valence-corrected chi connectivity index (χ3v) is 3.48. The fraction of sp³-hybridized carbons (Fsp3) is 0.0625. The Labute approximate surface area is 122 Å². The number of nitriles is 1. The number of aryl methyl sites for hydroxylation is 1. The molecule has 0 bridgehead atoms. The van der Waals surface area contributed by atoms with Crippen LogP contribution in [0.15, 0.2) is 42.5 Å². The Bertz CT molecular complexity index is 664. The van der Waals surface area contributed by atoms with E-state index in [9.17, 15) is 5.26 Å². The maximum absolute atomic E-state index is 9.26. The molecule has 0 aromatic heterocycles. The number of nitrogens with zero attached hydrogens (tertiary/aromatic N) is 1. The van der Waals surface area contributed by atoms with Crippen LogP contribution in [-0.2, 0) is 0 Å². The molecule has 1 nitrogen and oxygen atoms in total. The Hall–Kier alpha value is -1.75. The SMILES string of the molecule is Cc1ccc(/C=C(\C#N)c2ccc(Cl)c(Cl)c2)cc1. The molecule has 3 heteroatoms. The summed E-state index contributed by atoms with van der Waals surface area (Å²) in [5.74, 6) is 0. The number of halogens is 2. The van der Waals surface area contributed by atoms with Crippen LogP contribution < -0.4 is 0 Å². The normalized spacial score (nSPS) is 11.2. The van der Waals surface area contributed by atoms with E-state index in [1.165, 1.54) is 5.56 Å². The topological polar surface area (TPSA) is 23.8 Å². The number of rotatable bonds is 2. The second-order valence-electron chi connectivity index (χ2n) is 4.21. The molecule has 19 heavy (non-hydrogen) atoms. The molecular formula is C16H11Cl2N. The largest absolute Gasteiger partial charge is 0.192 e. The molecule has 0 unspecified atom stereocenters. The first-order valence-electron chi connectivity index (χ1n) is 5.74. The first kappa shape index (κ1) is 13.7. The fourth-order valence-electron chi connectivity index (χ4n) is 1.67. The van der Waals surface area contributed by atoms with Crippen molar-refractivity contribution in [1.82, 2.24) is 0 Å². The standard InChI is InChI=1S/C16H11Cl2N/c1-11-2-4-12(5-3-11)8-14(10-19)13-6-7-15(17)16(18)9-13/h2-9H,1H3/b14-8+. The van der Waals surface area contributed by atoms with Crippen molar-refractivity contribution in [3.8, 4) is 6.07 Å². The van der Waals surface area contributed by atoms with E-state index in [0.29, 0.717) is 15.6 Å². The van der Waals surface area contributed by atoms with Crippen LogP contribution in [0, 0.1) is 18.3 Å². The fourth-order valence-corrected chi connectivity index (χ4v) is 1.97. The summed E-state index contributed by atoms with van der Waals surface area (Å²) in [6, 6.07) is 15.3. The summed E-state index contributed by atoms with van der Waals surface area (Å²) < 4.78 is 0. The zero-order valence-electron chi connectivity index (χ0n) is 10.3. The van der Waals surface area contributed by atoms with Crippen LogP contribution in [0.1, 0.15) is 16.7 Å². The van der Waals surface area contributed by atoms with Gasteiger partial charge in [-0.2, -0.15) is 5.26 Å². The zero-order chi connectivity index (χ0) is 13.8. The number of allylic oxidation sites excluding steroid dienone is 1. The number of benzene rings is 2. The van der Waals surface area contributed by atoms with Crippen LogP contribution in [0.2, 0.25) is 10.0 Å². The first-order valence-corrected chi connectivity index (χ1v) is 6.49. The summed E-state index contributed by atoms with van der Waals surface area (Å²) in [6.45, 7) is 2.03. The minimum Gasteiger partial charge on any atom is -0.192 e. The Morgan fingerprint density at radius 1 is 1.05 bits per heavy atom. The Balaban J connectivity index is 2.42. The molecule has 0 heterocycles. The predicted octanol–water partition coefficient (Wildman–Crippen LogP) is 5.37. The lowest BCUT2D eigenvalue weighted by molar-refractivity contribution is 1.46. The van der Waals surface area contributed by atoms with Crippen molar-refractivity contribution in [3.63, 3.8) is 0 Å². The van der Waals surface area contributed by atoms with E-state index in [-0.39, 0.29) is 0 Å². The Morgan fingerprint density at radius 2 is 1.74 bits per heavy atom. The van der Waals surface area contributed by atoms with Crippen LogP contribution in [-0.4, -0.2) is 0 Å². The third kappa shape index (κ3) is 3.38. The number of hydrogen-bond donors (Lipinski definition) is 0. The first-order chi connectivity index (χ1) is 9.10. The Morgan fingerprint density at radius 3 is 2.32 bits per heavy atom. The molecule has 0 N–H and O–H groups in total. The van der Waals surface area contributed by atoms with E-state index in [0.717, 1.165) is 11.1 Å². The van der Waals surface area contributed by atoms with E-state index in [1.54, 1.807) is 18.2 Å². The van der Waals surface area contributed by atoms with Gasteiger partial charge in [0.1, 0.15) is 0 Å². The lowest BCUT2D eigenvalue weighted by atomic mass is 10.0. The minimum atomic E-state index is 0.448. The van der Waals surface area contributed by atoms with E-state index in [4.69, 9.17) is 23.2 Å². The van der Waals surface area contributed by atoms with Gasteiger partial charge in [-0.1, -0.05) is 59.1 Å². The van der Waals surface area contributed by atoms with Gasteiger partial charge in [0.05, 0.1) is 21.7 Å². The molecule has 0 atom stereocenters. The van der Waals surface area contributed by atoms with Gasteiger partial charge in [-0.25, -0.2) is 0 Å². The van der Waals surface area contributed by atoms with Crippen LogP contribution in [0.3, 0.4) is 0 Å². The smallest absolute Gasteiger partial charge is 0.0998 e. The van der Waals surface area contributed by atoms with Crippen LogP contribution in [0.5, 0.6) is 0 Å². The average Bonchev–Trinajstić information content (AvgIpc) is 2.41. The zero-order valence-corrected chi connectivity index (χ0v) is 11.8. The van der Waals surface area contributed by atoms with Gasteiger partial charge in [0.15, 0.2) is 0 Å². The van der Waals surface area contributed by atoms with Gasteiger partial charge in [0.2, 0.25) is 0 Å². The van der Waals surface area contributed by atoms with Gasteiger partial charge in [-0.3, -0.25) is 0 Å². The van der Waals surface area contributed by atoms with E-state index in [2.05, 4.69) is 6.07 Å². The van der Waals surface area contributed by atoms with E-state index < -0.39 is 0 Å². The second kappa shape index (κ2) is 5.93. The molecule has 0 aliphatic heterocycles. The van der Waals surface area contributed by atoms with Crippen molar-refractivity contribution in [2.45, 2.75) is 6.92 Å². The molecule has 94 valence electrons. The summed E-state index contributed by atoms with van der Waals surface area (Å²) in [6.07, 6.45) is 1.83. The van der Waals surface area contributed by atoms with Crippen LogP contribution >= 0.6 is 23.2 Å². The van der Waals surface area contributed by atoms with Crippen molar-refractivity contribution < 1.29 is 0 Å². The third-order valence-electron chi connectivity index (χ3n) is 2.74. The minimum absolute atomic E-state index is 0.448. The van der Waals surface area contributed by atoms with Gasteiger partial charge >= 0.3 is 0 Å². The molecule has 0 saturated carbocycles. The monoisotopic (exact) mass is 287 g/mol. The van der Waals surface area contributed by atoms with Gasteiger partial charge in [-0.05, 0) is 36.3 Å². The highest BCUT2D eigenvalue weighted by Crippen LogP contribution is 2.27. The molecule has 2 rings (SSSR count). The second-order valence-corrected chi connectivity index (χ2v) is 5.02. The van der Waals surface area contributed by atoms with Crippen molar-refractivity contribution in [3.05, 3.63) is 69.2 Å². The van der Waals surface area contributed by atoms with Crippen LogP contribution in [0.25, 0.3) is 11.6 Å². The van der Waals surface area contributed by atoms with Gasteiger partial charge in [0, 0.05) is 0 Å². The summed E-state index contributed by atoms with van der Waals surface area (Å²) in [4.78, 5) is 0. The molecule has 0 aliphatic carbocycles. The molecule has 2 aromatic rings. The van der Waals surface area contributed by atoms with Gasteiger partial charge in [0.25, 0.3) is 0 Å². The Kier molecular flexibility index (Phi) is 4.27. The molecular weight excluding hydrogens is 277 g/mol. The average molecular weight is 288 g/mol. The molecule has 0 aliphatic rings. The molecule has 0 fully saturated rings. The molecule has 0 spiro atoms. The van der Waals surface area contributed by atoms with Gasteiger partial charge < -0.3 is 0 Å². The summed E-state index contributed by atoms with van der Waals surface area (Å²) in [7, 11) is 0. The van der Waals surface area contributed by atoms with Crippen molar-refractivity contribution in [2.75, 3.05) is 0 Å². The lowest BCUT2D eigenvalue weighted by Crippen LogP contribution is -1.83. The van der Waals surface area contributed by atoms with Crippen LogP contribution in [0.4, 0.5) is 0 Å². The molecule has 0 amide bonds. The quantitative estimate of drug-likeness (QED) is 0.538.